The Morgan fingerprint density at radius 3 is 2.55 bits per heavy atom. The molecule has 9 nitrogen and oxygen atoms in total. The number of carbonyl (C=O) groups is 3. The number of likely N-dealkylation sites (N-methyl/N-ethyl adjacent to an activating group) is 1. The molecule has 4 rings (SSSR count). The van der Waals surface area contributed by atoms with Gasteiger partial charge in [-0.1, -0.05) is 24.1 Å². The summed E-state index contributed by atoms with van der Waals surface area (Å²) in [4.78, 5) is 43.6. The highest BCUT2D eigenvalue weighted by molar-refractivity contribution is 7.90. The fourth-order valence-corrected chi connectivity index (χ4v) is 5.51. The summed E-state index contributed by atoms with van der Waals surface area (Å²) in [5.74, 6) is 0.488. The molecule has 0 saturated heterocycles. The summed E-state index contributed by atoms with van der Waals surface area (Å²) in [5, 5.41) is 5.90. The molecule has 2 aromatic carbocycles. The molecule has 1 aliphatic rings. The van der Waals surface area contributed by atoms with Crippen molar-refractivity contribution in [2.45, 2.75) is 55.3 Å². The molecule has 1 aliphatic heterocycles. The number of anilines is 1. The monoisotopic (exact) mass is 566 g/mol. The van der Waals surface area contributed by atoms with Crippen LogP contribution in [-0.4, -0.2) is 67.1 Å². The fourth-order valence-electron chi connectivity index (χ4n) is 4.86. The Hall–Kier alpha value is -4.17. The van der Waals surface area contributed by atoms with Gasteiger partial charge >= 0.3 is 0 Å². The van der Waals surface area contributed by atoms with Crippen LogP contribution in [0.15, 0.2) is 53.4 Å². The summed E-state index contributed by atoms with van der Waals surface area (Å²) in [5.41, 5.74) is 0.251. The first-order valence-electron chi connectivity index (χ1n) is 12.6. The molecule has 210 valence electrons. The van der Waals surface area contributed by atoms with Gasteiger partial charge in [0.25, 0.3) is 5.91 Å². The number of sulfone groups is 1. The lowest BCUT2D eigenvalue weighted by atomic mass is 9.92. The first-order chi connectivity index (χ1) is 18.7. The molecule has 11 heteroatoms. The Kier molecular flexibility index (Phi) is 7.76. The van der Waals surface area contributed by atoms with Gasteiger partial charge in [0.15, 0.2) is 9.84 Å². The minimum atomic E-state index is -3.45. The normalized spacial score (nSPS) is 16.5. The van der Waals surface area contributed by atoms with Crippen LogP contribution in [0.5, 0.6) is 0 Å². The minimum absolute atomic E-state index is 0.0745. The summed E-state index contributed by atoms with van der Waals surface area (Å²) < 4.78 is 38.6. The molecular weight excluding hydrogens is 535 g/mol. The molecule has 2 heterocycles. The van der Waals surface area contributed by atoms with Gasteiger partial charge in [-0.2, -0.15) is 0 Å². The molecule has 3 N–H and O–H groups in total. The summed E-state index contributed by atoms with van der Waals surface area (Å²) in [7, 11) is -1.99. The highest BCUT2D eigenvalue weighted by Crippen LogP contribution is 2.36. The van der Waals surface area contributed by atoms with Gasteiger partial charge in [-0.25, -0.2) is 12.8 Å². The summed E-state index contributed by atoms with van der Waals surface area (Å²) in [6.07, 6.45) is 6.68. The van der Waals surface area contributed by atoms with Crippen LogP contribution in [0, 0.1) is 12.3 Å². The Bertz CT molecular complexity index is 1630. The third kappa shape index (κ3) is 6.18. The third-order valence-electron chi connectivity index (χ3n) is 6.93. The summed E-state index contributed by atoms with van der Waals surface area (Å²) in [6, 6.07) is 11.0. The van der Waals surface area contributed by atoms with E-state index in [9.17, 15) is 27.2 Å². The van der Waals surface area contributed by atoms with E-state index in [0.29, 0.717) is 16.6 Å². The van der Waals surface area contributed by atoms with Crippen LogP contribution in [-0.2, 0) is 19.4 Å². The average Bonchev–Trinajstić information content (AvgIpc) is 3.44. The van der Waals surface area contributed by atoms with Crippen LogP contribution < -0.4 is 10.6 Å². The molecule has 0 fully saturated rings. The van der Waals surface area contributed by atoms with E-state index < -0.39 is 45.3 Å². The highest BCUT2D eigenvalue weighted by Gasteiger charge is 2.37. The van der Waals surface area contributed by atoms with Gasteiger partial charge < -0.3 is 20.5 Å². The largest absolute Gasteiger partial charge is 0.351 e. The second-order valence-corrected chi connectivity index (χ2v) is 12.7. The molecule has 0 aliphatic carbocycles. The number of alkyl halides is 1. The highest BCUT2D eigenvalue weighted by atomic mass is 32.2. The molecule has 3 amide bonds. The van der Waals surface area contributed by atoms with E-state index in [1.54, 1.807) is 18.2 Å². The predicted octanol–water partition coefficient (Wildman–Crippen LogP) is 3.39. The van der Waals surface area contributed by atoms with Crippen molar-refractivity contribution >= 4 is 44.1 Å². The van der Waals surface area contributed by atoms with E-state index in [1.165, 1.54) is 44.0 Å². The third-order valence-corrected chi connectivity index (χ3v) is 8.05. The summed E-state index contributed by atoms with van der Waals surface area (Å²) in [6.45, 7) is 2.60. The number of nitrogens with one attached hydrogen (secondary N) is 3. The van der Waals surface area contributed by atoms with Crippen molar-refractivity contribution in [3.05, 3.63) is 59.8 Å². The molecule has 0 saturated carbocycles. The SMILES string of the molecule is C#C[C@H](C[C@H]1C(=O)Nc2ccccc21)N(C)C(=O)[C@H](CC(C)(C)F)NC(=O)c1cc2cc(S(C)(=O)=O)ccc2[nH]1. The van der Waals surface area contributed by atoms with Crippen molar-refractivity contribution in [2.75, 3.05) is 18.6 Å². The number of H-pyrrole nitrogens is 1. The van der Waals surface area contributed by atoms with Crippen molar-refractivity contribution in [1.29, 1.82) is 0 Å². The Balaban J connectivity index is 1.55. The van der Waals surface area contributed by atoms with Crippen molar-refractivity contribution in [3.8, 4) is 12.3 Å². The number of amides is 3. The lowest BCUT2D eigenvalue weighted by molar-refractivity contribution is -0.134. The molecular formula is C29H31FN4O5S. The zero-order valence-corrected chi connectivity index (χ0v) is 23.4. The molecule has 1 aromatic heterocycles. The van der Waals surface area contributed by atoms with Crippen molar-refractivity contribution in [1.82, 2.24) is 15.2 Å². The van der Waals surface area contributed by atoms with Crippen LogP contribution in [0.25, 0.3) is 10.9 Å². The zero-order chi connectivity index (χ0) is 29.4. The van der Waals surface area contributed by atoms with Crippen molar-refractivity contribution in [3.63, 3.8) is 0 Å². The van der Waals surface area contributed by atoms with E-state index in [4.69, 9.17) is 6.42 Å². The van der Waals surface area contributed by atoms with Gasteiger partial charge in [0.2, 0.25) is 11.8 Å². The first kappa shape index (κ1) is 28.8. The molecule has 3 atom stereocenters. The molecule has 0 spiro atoms. The Morgan fingerprint density at radius 1 is 1.20 bits per heavy atom. The first-order valence-corrected chi connectivity index (χ1v) is 14.5. The molecule has 3 aromatic rings. The van der Waals surface area contributed by atoms with Crippen LogP contribution in [0.3, 0.4) is 0 Å². The quantitative estimate of drug-likeness (QED) is 0.342. The van der Waals surface area contributed by atoms with E-state index in [0.717, 1.165) is 11.8 Å². The minimum Gasteiger partial charge on any atom is -0.351 e. The fraction of sp³-hybridized carbons (Fsp3) is 0.345. The number of hydrogen-bond donors (Lipinski definition) is 3. The maximum atomic E-state index is 14.8. The lowest BCUT2D eigenvalue weighted by Crippen LogP contribution is -2.52. The number of fused-ring (bicyclic) bond motifs is 2. The smallest absolute Gasteiger partial charge is 0.268 e. The molecule has 0 bridgehead atoms. The van der Waals surface area contributed by atoms with Gasteiger partial charge in [-0.15, -0.1) is 6.42 Å². The maximum absolute atomic E-state index is 14.8. The number of terminal acetylenes is 1. The van der Waals surface area contributed by atoms with Gasteiger partial charge in [0.1, 0.15) is 17.4 Å². The average molecular weight is 567 g/mol. The zero-order valence-electron chi connectivity index (χ0n) is 22.6. The second-order valence-electron chi connectivity index (χ2n) is 10.6. The van der Waals surface area contributed by atoms with E-state index >= 15 is 0 Å². The standard InChI is InChI=1S/C29H31FN4O5S/c1-6-18(15-21-20-9-7-8-10-23(20)32-26(21)35)34(4)28(37)25(16-29(2,3)30)33-27(36)24-14-17-13-19(40(5,38)39)11-12-22(17)31-24/h1,7-14,18,21,25,31H,15-16H2,2-5H3,(H,32,35)(H,33,36)/t18-,21-,25+/m1/s1. The van der Waals surface area contributed by atoms with Gasteiger partial charge in [0, 0.05) is 36.3 Å². The number of rotatable bonds is 9. The Labute approximate surface area is 232 Å². The second kappa shape index (κ2) is 10.8. The molecule has 40 heavy (non-hydrogen) atoms. The number of benzene rings is 2. The molecule has 0 unspecified atom stereocenters. The van der Waals surface area contributed by atoms with E-state index in [2.05, 4.69) is 21.5 Å². The predicted molar refractivity (Wildman–Crippen MR) is 150 cm³/mol. The van der Waals surface area contributed by atoms with Crippen molar-refractivity contribution < 1.29 is 27.2 Å². The number of para-hydroxylation sites is 1. The number of halogens is 1. The van der Waals surface area contributed by atoms with Gasteiger partial charge in [-0.3, -0.25) is 14.4 Å². The van der Waals surface area contributed by atoms with Crippen molar-refractivity contribution in [2.24, 2.45) is 0 Å². The summed E-state index contributed by atoms with van der Waals surface area (Å²) >= 11 is 0. The van der Waals surface area contributed by atoms with Crippen LogP contribution >= 0.6 is 0 Å². The lowest BCUT2D eigenvalue weighted by Gasteiger charge is -2.31. The number of nitrogens with zero attached hydrogens (tertiary/aromatic N) is 1. The van der Waals surface area contributed by atoms with E-state index in [-0.39, 0.29) is 29.3 Å². The maximum Gasteiger partial charge on any atom is 0.268 e. The van der Waals surface area contributed by atoms with Gasteiger partial charge in [-0.05, 0) is 56.2 Å². The van der Waals surface area contributed by atoms with E-state index in [1.807, 2.05) is 12.1 Å². The van der Waals surface area contributed by atoms with Crippen LogP contribution in [0.1, 0.15) is 48.7 Å². The van der Waals surface area contributed by atoms with Crippen LogP contribution in [0.4, 0.5) is 10.1 Å². The Morgan fingerprint density at radius 2 is 1.90 bits per heavy atom. The number of hydrogen-bond acceptors (Lipinski definition) is 5. The number of aromatic amines is 1. The molecule has 0 radical (unpaired) electrons. The number of carbonyl (C=O) groups excluding carboxylic acids is 3. The van der Waals surface area contributed by atoms with Gasteiger partial charge in [0.05, 0.1) is 16.9 Å². The topological polar surface area (TPSA) is 128 Å². The van der Waals surface area contributed by atoms with Crippen LogP contribution in [0.2, 0.25) is 0 Å². The number of aromatic nitrogens is 1.